The number of aryl methyl sites for hydroxylation is 1. The highest BCUT2D eigenvalue weighted by atomic mass is 16.5. The lowest BCUT2D eigenvalue weighted by Gasteiger charge is -2.34. The maximum Gasteiger partial charge on any atom is 0.339 e. The van der Waals surface area contributed by atoms with E-state index in [0.717, 1.165) is 17.0 Å². The van der Waals surface area contributed by atoms with Crippen LogP contribution in [-0.2, 0) is 11.3 Å². The van der Waals surface area contributed by atoms with Gasteiger partial charge in [-0.25, -0.2) is 14.6 Å². The van der Waals surface area contributed by atoms with Crippen LogP contribution < -0.4 is 10.6 Å². The van der Waals surface area contributed by atoms with Crippen LogP contribution in [0, 0.1) is 6.92 Å². The average molecular weight is 492 g/mol. The fourth-order valence-electron chi connectivity index (χ4n) is 4.00. The zero-order valence-electron chi connectivity index (χ0n) is 20.5. The molecule has 0 spiro atoms. The maximum absolute atomic E-state index is 12.8. The molecule has 1 aliphatic rings. The Morgan fingerprint density at radius 2 is 1.72 bits per heavy atom. The summed E-state index contributed by atoms with van der Waals surface area (Å²) in [4.78, 5) is 45.1. The van der Waals surface area contributed by atoms with Crippen LogP contribution in [0.3, 0.4) is 0 Å². The summed E-state index contributed by atoms with van der Waals surface area (Å²) < 4.78 is 10.7. The fraction of sp³-hybridized carbons (Fsp3) is 0.308. The number of para-hydroxylation sites is 1. The molecule has 1 fully saturated rings. The van der Waals surface area contributed by atoms with E-state index in [1.165, 1.54) is 7.11 Å². The third-order valence-corrected chi connectivity index (χ3v) is 6.12. The van der Waals surface area contributed by atoms with Crippen LogP contribution in [0.2, 0.25) is 0 Å². The number of carbonyl (C=O) groups is 3. The van der Waals surface area contributed by atoms with Gasteiger partial charge in [0.2, 0.25) is 5.89 Å². The van der Waals surface area contributed by atoms with Crippen molar-refractivity contribution in [2.24, 2.45) is 0 Å². The molecular weight excluding hydrogens is 462 g/mol. The molecule has 188 valence electrons. The molecule has 3 aromatic rings. The predicted octanol–water partition coefficient (Wildman–Crippen LogP) is 3.15. The van der Waals surface area contributed by atoms with Crippen molar-refractivity contribution in [1.82, 2.24) is 20.1 Å². The van der Waals surface area contributed by atoms with Crippen molar-refractivity contribution in [1.29, 1.82) is 0 Å². The second-order valence-electron chi connectivity index (χ2n) is 8.41. The molecule has 0 aliphatic carbocycles. The van der Waals surface area contributed by atoms with Crippen LogP contribution in [0.25, 0.3) is 11.5 Å². The number of nitrogens with zero attached hydrogens (tertiary/aromatic N) is 3. The van der Waals surface area contributed by atoms with Gasteiger partial charge in [-0.3, -0.25) is 9.69 Å². The van der Waals surface area contributed by atoms with Crippen LogP contribution >= 0.6 is 0 Å². The third kappa shape index (κ3) is 5.55. The Bertz CT molecular complexity index is 1250. The van der Waals surface area contributed by atoms with E-state index in [1.54, 1.807) is 48.3 Å². The van der Waals surface area contributed by atoms with E-state index in [4.69, 9.17) is 9.15 Å². The molecule has 2 N–H and O–H groups in total. The van der Waals surface area contributed by atoms with Crippen LogP contribution in [0.4, 0.5) is 10.5 Å². The van der Waals surface area contributed by atoms with Gasteiger partial charge in [-0.05, 0) is 43.3 Å². The molecule has 0 radical (unpaired) electrons. The Morgan fingerprint density at radius 1 is 1.03 bits per heavy atom. The van der Waals surface area contributed by atoms with Crippen LogP contribution in [-0.4, -0.2) is 73.0 Å². The molecule has 4 rings (SSSR count). The molecule has 2 heterocycles. The van der Waals surface area contributed by atoms with Crippen molar-refractivity contribution < 1.29 is 23.5 Å². The standard InChI is InChI=1S/C26H29N5O5/c1-17-22(28-24(36-17)19-10-8-18(9-11-19)23(32)27-2)16-30-12-14-31(15-13-30)26(34)29-21-7-5-4-6-20(21)25(33)35-3/h4-11H,12-16H2,1-3H3,(H,27,32)(H,29,34). The second-order valence-corrected chi connectivity index (χ2v) is 8.41. The third-order valence-electron chi connectivity index (χ3n) is 6.12. The summed E-state index contributed by atoms with van der Waals surface area (Å²) in [5.74, 6) is 0.597. The number of nitrogens with one attached hydrogen (secondary N) is 2. The molecule has 1 aliphatic heterocycles. The largest absolute Gasteiger partial charge is 0.465 e. The summed E-state index contributed by atoms with van der Waals surface area (Å²) >= 11 is 0. The van der Waals surface area contributed by atoms with E-state index in [9.17, 15) is 14.4 Å². The Kier molecular flexibility index (Phi) is 7.65. The Labute approximate surface area is 209 Å². The highest BCUT2D eigenvalue weighted by Gasteiger charge is 2.24. The SMILES string of the molecule is CNC(=O)c1ccc(-c2nc(CN3CCN(C(=O)Nc4ccccc4C(=O)OC)CC3)c(C)o2)cc1. The van der Waals surface area contributed by atoms with E-state index in [1.807, 2.05) is 19.1 Å². The summed E-state index contributed by atoms with van der Waals surface area (Å²) in [6.07, 6.45) is 0. The molecule has 1 aromatic heterocycles. The van der Waals surface area contributed by atoms with E-state index < -0.39 is 5.97 Å². The predicted molar refractivity (Wildman–Crippen MR) is 134 cm³/mol. The normalized spacial score (nSPS) is 13.8. The number of urea groups is 1. The molecule has 3 amide bonds. The molecular formula is C26H29N5O5. The summed E-state index contributed by atoms with van der Waals surface area (Å²) in [5.41, 5.74) is 2.94. The van der Waals surface area contributed by atoms with Crippen molar-refractivity contribution in [3.8, 4) is 11.5 Å². The number of hydrogen-bond acceptors (Lipinski definition) is 7. The number of esters is 1. The van der Waals surface area contributed by atoms with Gasteiger partial charge in [0.1, 0.15) is 5.76 Å². The van der Waals surface area contributed by atoms with Crippen molar-refractivity contribution in [3.05, 3.63) is 71.1 Å². The molecule has 36 heavy (non-hydrogen) atoms. The topological polar surface area (TPSA) is 117 Å². The van der Waals surface area contributed by atoms with Crippen molar-refractivity contribution in [3.63, 3.8) is 0 Å². The quantitative estimate of drug-likeness (QED) is 0.509. The Morgan fingerprint density at radius 3 is 2.39 bits per heavy atom. The summed E-state index contributed by atoms with van der Waals surface area (Å²) in [6.45, 7) is 4.91. The van der Waals surface area contributed by atoms with Crippen molar-refractivity contribution in [2.75, 3.05) is 45.7 Å². The zero-order valence-corrected chi connectivity index (χ0v) is 20.5. The van der Waals surface area contributed by atoms with Gasteiger partial charge in [0.05, 0.1) is 24.1 Å². The van der Waals surface area contributed by atoms with E-state index in [0.29, 0.717) is 55.4 Å². The van der Waals surface area contributed by atoms with Crippen molar-refractivity contribution in [2.45, 2.75) is 13.5 Å². The summed E-state index contributed by atoms with van der Waals surface area (Å²) in [5, 5.41) is 5.42. The molecule has 0 saturated carbocycles. The van der Waals surface area contributed by atoms with Gasteiger partial charge >= 0.3 is 12.0 Å². The van der Waals surface area contributed by atoms with Crippen LogP contribution in [0.5, 0.6) is 0 Å². The lowest BCUT2D eigenvalue weighted by Crippen LogP contribution is -2.49. The zero-order chi connectivity index (χ0) is 25.7. The maximum atomic E-state index is 12.8. The molecule has 2 aromatic carbocycles. The van der Waals surface area contributed by atoms with Gasteiger partial charge in [0.25, 0.3) is 5.91 Å². The summed E-state index contributed by atoms with van der Waals surface area (Å²) in [6, 6.07) is 13.6. The number of carbonyl (C=O) groups excluding carboxylic acids is 3. The van der Waals surface area contributed by atoms with E-state index in [2.05, 4.69) is 20.5 Å². The average Bonchev–Trinajstić information content (AvgIpc) is 3.28. The molecule has 0 atom stereocenters. The lowest BCUT2D eigenvalue weighted by molar-refractivity contribution is 0.0601. The van der Waals surface area contributed by atoms with Gasteiger partial charge in [-0.1, -0.05) is 12.1 Å². The van der Waals surface area contributed by atoms with E-state index in [-0.39, 0.29) is 11.9 Å². The lowest BCUT2D eigenvalue weighted by atomic mass is 10.1. The fourth-order valence-corrected chi connectivity index (χ4v) is 4.00. The minimum absolute atomic E-state index is 0.147. The smallest absolute Gasteiger partial charge is 0.339 e. The number of methoxy groups -OCH3 is 1. The van der Waals surface area contributed by atoms with Gasteiger partial charge in [0.15, 0.2) is 0 Å². The second kappa shape index (κ2) is 11.0. The minimum Gasteiger partial charge on any atom is -0.465 e. The number of benzene rings is 2. The number of ether oxygens (including phenoxy) is 1. The van der Waals surface area contributed by atoms with Gasteiger partial charge in [-0.2, -0.15) is 0 Å². The number of piperazine rings is 1. The van der Waals surface area contributed by atoms with E-state index >= 15 is 0 Å². The number of anilines is 1. The molecule has 10 nitrogen and oxygen atoms in total. The molecule has 0 bridgehead atoms. The number of aromatic nitrogens is 1. The van der Waals surface area contributed by atoms with Crippen molar-refractivity contribution >= 4 is 23.6 Å². The summed E-state index contributed by atoms with van der Waals surface area (Å²) in [7, 11) is 2.90. The van der Waals surface area contributed by atoms with Gasteiger partial charge in [-0.15, -0.1) is 0 Å². The first-order valence-electron chi connectivity index (χ1n) is 11.6. The van der Waals surface area contributed by atoms with Crippen LogP contribution in [0.1, 0.15) is 32.2 Å². The first-order valence-corrected chi connectivity index (χ1v) is 11.6. The monoisotopic (exact) mass is 491 g/mol. The number of hydrogen-bond donors (Lipinski definition) is 2. The number of rotatable bonds is 6. The Balaban J connectivity index is 1.34. The Hall–Kier alpha value is -4.18. The molecule has 10 heteroatoms. The first kappa shape index (κ1) is 24.9. The highest BCUT2D eigenvalue weighted by Crippen LogP contribution is 2.24. The van der Waals surface area contributed by atoms with Gasteiger partial charge in [0, 0.05) is 50.9 Å². The highest BCUT2D eigenvalue weighted by molar-refractivity contribution is 6.00. The molecule has 0 unspecified atom stereocenters. The first-order chi connectivity index (χ1) is 17.4. The number of oxazole rings is 1. The van der Waals surface area contributed by atoms with Gasteiger partial charge < -0.3 is 24.7 Å². The van der Waals surface area contributed by atoms with Crippen LogP contribution in [0.15, 0.2) is 52.9 Å². The molecule has 1 saturated heterocycles. The number of amides is 3. The minimum atomic E-state index is -0.500.